The molecule has 0 aliphatic heterocycles. The molecule has 0 spiro atoms. The predicted octanol–water partition coefficient (Wildman–Crippen LogP) is 3.41. The summed E-state index contributed by atoms with van der Waals surface area (Å²) in [7, 11) is 0. The molecule has 0 radical (unpaired) electrons. The van der Waals surface area contributed by atoms with Gasteiger partial charge in [0.05, 0.1) is 6.04 Å². The molecule has 0 unspecified atom stereocenters. The van der Waals surface area contributed by atoms with Crippen LogP contribution in [-0.2, 0) is 4.79 Å². The van der Waals surface area contributed by atoms with E-state index >= 15 is 0 Å². The van der Waals surface area contributed by atoms with E-state index in [4.69, 9.17) is 0 Å². The number of carbonyl (C=O) groups excluding carboxylic acids is 1. The van der Waals surface area contributed by atoms with E-state index in [1.54, 1.807) is 0 Å². The first-order valence-electron chi connectivity index (χ1n) is 7.68. The summed E-state index contributed by atoms with van der Waals surface area (Å²) in [5.74, 6) is 1.94. The zero-order valence-corrected chi connectivity index (χ0v) is 12.1. The van der Waals surface area contributed by atoms with Crippen LogP contribution in [0.15, 0.2) is 66.3 Å². The van der Waals surface area contributed by atoms with Gasteiger partial charge in [0.2, 0.25) is 5.91 Å². The third kappa shape index (κ3) is 1.98. The summed E-state index contributed by atoms with van der Waals surface area (Å²) in [6.07, 6.45) is 11.2. The van der Waals surface area contributed by atoms with Crippen LogP contribution in [0.2, 0.25) is 0 Å². The van der Waals surface area contributed by atoms with Gasteiger partial charge in [0.1, 0.15) is 0 Å². The van der Waals surface area contributed by atoms with Gasteiger partial charge in [-0.15, -0.1) is 0 Å². The van der Waals surface area contributed by atoms with Crippen LogP contribution in [0.3, 0.4) is 0 Å². The van der Waals surface area contributed by atoms with Gasteiger partial charge in [0.15, 0.2) is 0 Å². The van der Waals surface area contributed by atoms with E-state index in [1.165, 1.54) is 0 Å². The quantitative estimate of drug-likeness (QED) is 0.843. The average Bonchev–Trinajstić information content (AvgIpc) is 3.17. The maximum Gasteiger partial charge on any atom is 0.247 e. The van der Waals surface area contributed by atoms with E-state index < -0.39 is 0 Å². The molecular formula is C19H19NO. The van der Waals surface area contributed by atoms with Crippen molar-refractivity contribution in [2.75, 3.05) is 0 Å². The van der Waals surface area contributed by atoms with Gasteiger partial charge in [0.25, 0.3) is 0 Å². The van der Waals surface area contributed by atoms with E-state index in [2.05, 4.69) is 47.8 Å². The van der Waals surface area contributed by atoms with Gasteiger partial charge in [-0.25, -0.2) is 0 Å². The van der Waals surface area contributed by atoms with Crippen LogP contribution >= 0.6 is 0 Å². The number of nitrogens with one attached hydrogen (secondary N) is 1. The second-order valence-corrected chi connectivity index (χ2v) is 6.26. The summed E-state index contributed by atoms with van der Waals surface area (Å²) >= 11 is 0. The minimum atomic E-state index is 0.0387. The van der Waals surface area contributed by atoms with Gasteiger partial charge < -0.3 is 5.32 Å². The van der Waals surface area contributed by atoms with E-state index in [-0.39, 0.29) is 11.9 Å². The molecular weight excluding hydrogens is 258 g/mol. The molecule has 21 heavy (non-hydrogen) atoms. The van der Waals surface area contributed by atoms with E-state index in [1.807, 2.05) is 25.1 Å². The number of hydrogen-bond donors (Lipinski definition) is 1. The van der Waals surface area contributed by atoms with Crippen molar-refractivity contribution in [3.05, 3.63) is 71.8 Å². The number of carbonyl (C=O) groups is 1. The highest BCUT2D eigenvalue weighted by molar-refractivity contribution is 5.95. The highest BCUT2D eigenvalue weighted by Gasteiger charge is 2.45. The molecule has 3 aliphatic carbocycles. The molecule has 0 aromatic heterocycles. The standard InChI is InChI=1S/C19H19NO/c1-12(13-5-3-2-4-6-13)20-19(21)17-11-15-8-7-14-9-10-16(17)18(14)15/h2-12,14-16,18H,1H3,(H,20,21)/t12-,14+,15-,16-,18+/m0/s1. The number of allylic oxidation sites excluding steroid dienone is 5. The van der Waals surface area contributed by atoms with Crippen LogP contribution in [0.25, 0.3) is 0 Å². The van der Waals surface area contributed by atoms with Crippen LogP contribution in [0.1, 0.15) is 18.5 Å². The molecule has 2 nitrogen and oxygen atoms in total. The van der Waals surface area contributed by atoms with Crippen LogP contribution in [0.4, 0.5) is 0 Å². The lowest BCUT2D eigenvalue weighted by Crippen LogP contribution is -2.30. The fourth-order valence-corrected chi connectivity index (χ4v) is 3.95. The summed E-state index contributed by atoms with van der Waals surface area (Å²) in [6, 6.07) is 10.2. The summed E-state index contributed by atoms with van der Waals surface area (Å²) in [5.41, 5.74) is 2.10. The summed E-state index contributed by atoms with van der Waals surface area (Å²) in [4.78, 5) is 12.6. The molecule has 1 aromatic rings. The van der Waals surface area contributed by atoms with Crippen molar-refractivity contribution in [2.24, 2.45) is 23.7 Å². The topological polar surface area (TPSA) is 29.1 Å². The highest BCUT2D eigenvalue weighted by atomic mass is 16.1. The Labute approximate surface area is 125 Å². The molecule has 0 saturated carbocycles. The maximum absolute atomic E-state index is 12.6. The molecule has 0 fully saturated rings. The molecule has 106 valence electrons. The molecule has 2 heteroatoms. The van der Waals surface area contributed by atoms with Crippen molar-refractivity contribution in [1.29, 1.82) is 0 Å². The average molecular weight is 277 g/mol. The number of benzene rings is 1. The first-order valence-corrected chi connectivity index (χ1v) is 7.68. The molecule has 0 heterocycles. The number of amides is 1. The second-order valence-electron chi connectivity index (χ2n) is 6.26. The van der Waals surface area contributed by atoms with Crippen molar-refractivity contribution in [1.82, 2.24) is 5.32 Å². The Bertz CT molecular complexity index is 655. The van der Waals surface area contributed by atoms with Crippen molar-refractivity contribution in [3.63, 3.8) is 0 Å². The van der Waals surface area contributed by atoms with Gasteiger partial charge in [-0.1, -0.05) is 60.7 Å². The molecule has 0 bridgehead atoms. The smallest absolute Gasteiger partial charge is 0.247 e. The van der Waals surface area contributed by atoms with Crippen molar-refractivity contribution in [2.45, 2.75) is 13.0 Å². The number of rotatable bonds is 3. The predicted molar refractivity (Wildman–Crippen MR) is 83.3 cm³/mol. The molecule has 0 saturated heterocycles. The van der Waals surface area contributed by atoms with Gasteiger partial charge in [-0.3, -0.25) is 4.79 Å². The van der Waals surface area contributed by atoms with Crippen molar-refractivity contribution >= 4 is 5.91 Å². The minimum Gasteiger partial charge on any atom is -0.346 e. The Hall–Kier alpha value is -2.09. The Morgan fingerprint density at radius 1 is 1.05 bits per heavy atom. The lowest BCUT2D eigenvalue weighted by molar-refractivity contribution is -0.118. The Morgan fingerprint density at radius 3 is 2.57 bits per heavy atom. The number of hydrogen-bond acceptors (Lipinski definition) is 1. The van der Waals surface area contributed by atoms with Crippen LogP contribution in [-0.4, -0.2) is 5.91 Å². The fourth-order valence-electron chi connectivity index (χ4n) is 3.95. The zero-order valence-electron chi connectivity index (χ0n) is 12.1. The normalized spacial score (nSPS) is 32.9. The van der Waals surface area contributed by atoms with Crippen LogP contribution < -0.4 is 5.32 Å². The molecule has 5 atom stereocenters. The minimum absolute atomic E-state index is 0.0387. The third-order valence-corrected chi connectivity index (χ3v) is 5.04. The molecule has 3 aliphatic rings. The maximum atomic E-state index is 12.6. The van der Waals surface area contributed by atoms with Crippen molar-refractivity contribution in [3.8, 4) is 0 Å². The monoisotopic (exact) mass is 277 g/mol. The van der Waals surface area contributed by atoms with Gasteiger partial charge in [-0.2, -0.15) is 0 Å². The van der Waals surface area contributed by atoms with Gasteiger partial charge in [-0.05, 0) is 24.3 Å². The first kappa shape index (κ1) is 12.6. The Kier molecular flexibility index (Phi) is 2.85. The molecule has 4 rings (SSSR count). The van der Waals surface area contributed by atoms with Crippen molar-refractivity contribution < 1.29 is 4.79 Å². The highest BCUT2D eigenvalue weighted by Crippen LogP contribution is 2.51. The molecule has 1 amide bonds. The summed E-state index contributed by atoms with van der Waals surface area (Å²) < 4.78 is 0. The lowest BCUT2D eigenvalue weighted by Gasteiger charge is -2.19. The second kappa shape index (κ2) is 4.73. The van der Waals surface area contributed by atoms with Gasteiger partial charge in [0, 0.05) is 17.4 Å². The fraction of sp³-hybridized carbons (Fsp3) is 0.316. The Balaban J connectivity index is 1.51. The van der Waals surface area contributed by atoms with E-state index in [0.29, 0.717) is 23.7 Å². The molecule has 1 aromatic carbocycles. The van der Waals surface area contributed by atoms with Crippen LogP contribution in [0, 0.1) is 23.7 Å². The summed E-state index contributed by atoms with van der Waals surface area (Å²) in [5, 5.41) is 3.15. The molecule has 1 N–H and O–H groups in total. The lowest BCUT2D eigenvalue weighted by atomic mass is 9.87. The third-order valence-electron chi connectivity index (χ3n) is 5.04. The van der Waals surface area contributed by atoms with E-state index in [0.717, 1.165) is 11.1 Å². The SMILES string of the molecule is C[C@H](NC(=O)C1=C[C@@H]2C=C[C@@H]3C=C[C@@H]1[C@H]32)c1ccccc1. The zero-order chi connectivity index (χ0) is 14.4. The van der Waals surface area contributed by atoms with Gasteiger partial charge >= 0.3 is 0 Å². The first-order chi connectivity index (χ1) is 10.2. The van der Waals surface area contributed by atoms with E-state index in [9.17, 15) is 4.79 Å². The van der Waals surface area contributed by atoms with Crippen LogP contribution in [0.5, 0.6) is 0 Å². The Morgan fingerprint density at radius 2 is 1.76 bits per heavy atom. The largest absolute Gasteiger partial charge is 0.346 e. The summed E-state index contributed by atoms with van der Waals surface area (Å²) in [6.45, 7) is 2.04.